The predicted octanol–water partition coefficient (Wildman–Crippen LogP) is 3.62. The second-order valence-electron chi connectivity index (χ2n) is 7.42. The number of anilines is 1. The summed E-state index contributed by atoms with van der Waals surface area (Å²) >= 11 is 0. The van der Waals surface area contributed by atoms with Gasteiger partial charge in [-0.3, -0.25) is 4.79 Å². The van der Waals surface area contributed by atoms with E-state index < -0.39 is 17.6 Å². The minimum Gasteiger partial charge on any atom is -0.366 e. The lowest BCUT2D eigenvalue weighted by molar-refractivity contribution is -0.137. The molecule has 1 saturated heterocycles. The molecule has 1 aliphatic rings. The average molecular weight is 415 g/mol. The van der Waals surface area contributed by atoms with Gasteiger partial charge in [0.05, 0.1) is 16.8 Å². The quantitative estimate of drug-likeness (QED) is 0.661. The zero-order chi connectivity index (χ0) is 21.6. The molecule has 0 radical (unpaired) electrons. The highest BCUT2D eigenvalue weighted by molar-refractivity contribution is 5.92. The molecule has 2 aromatic heterocycles. The molecular formula is C21H20F3N5O. The van der Waals surface area contributed by atoms with E-state index in [0.717, 1.165) is 17.8 Å². The van der Waals surface area contributed by atoms with Gasteiger partial charge in [0.2, 0.25) is 5.91 Å². The summed E-state index contributed by atoms with van der Waals surface area (Å²) in [6.07, 6.45) is -3.69. The van der Waals surface area contributed by atoms with Crippen LogP contribution in [0.3, 0.4) is 0 Å². The fourth-order valence-electron chi connectivity index (χ4n) is 3.72. The number of aromatic nitrogens is 3. The van der Waals surface area contributed by atoms with Crippen LogP contribution < -0.4 is 10.6 Å². The molecule has 1 fully saturated rings. The summed E-state index contributed by atoms with van der Waals surface area (Å²) in [4.78, 5) is 18.1. The Hall–Kier alpha value is -3.36. The molecule has 3 aromatic rings. The van der Waals surface area contributed by atoms with Crippen molar-refractivity contribution in [3.8, 4) is 5.69 Å². The molecule has 156 valence electrons. The van der Waals surface area contributed by atoms with Crippen molar-refractivity contribution in [3.05, 3.63) is 59.8 Å². The fraction of sp³-hybridized carbons (Fsp3) is 0.286. The van der Waals surface area contributed by atoms with Gasteiger partial charge >= 0.3 is 6.18 Å². The summed E-state index contributed by atoms with van der Waals surface area (Å²) in [6.45, 7) is 6.82. The van der Waals surface area contributed by atoms with E-state index in [2.05, 4.69) is 16.7 Å². The lowest BCUT2D eigenvalue weighted by Crippen LogP contribution is -2.24. The molecule has 3 heterocycles. The first-order chi connectivity index (χ1) is 14.1. The molecule has 6 nitrogen and oxygen atoms in total. The second-order valence-corrected chi connectivity index (χ2v) is 7.42. The summed E-state index contributed by atoms with van der Waals surface area (Å²) in [5.41, 5.74) is 7.67. The van der Waals surface area contributed by atoms with Crippen LogP contribution in [0.1, 0.15) is 17.7 Å². The van der Waals surface area contributed by atoms with E-state index in [-0.39, 0.29) is 5.92 Å². The Balaban J connectivity index is 1.75. The molecule has 1 amide bonds. The maximum atomic E-state index is 12.9. The number of fused-ring (bicyclic) bond motifs is 1. The number of carbonyl (C=O) groups excluding carboxylic acids is 1. The number of hydrogen-bond acceptors (Lipinski definition) is 4. The van der Waals surface area contributed by atoms with E-state index in [9.17, 15) is 18.0 Å². The molecule has 1 unspecified atom stereocenters. The molecule has 1 aliphatic heterocycles. The Kier molecular flexibility index (Phi) is 4.76. The number of benzene rings is 1. The molecule has 4 rings (SSSR count). The van der Waals surface area contributed by atoms with Gasteiger partial charge in [-0.15, -0.1) is 5.10 Å². The first-order valence-electron chi connectivity index (χ1n) is 9.42. The molecule has 0 saturated carbocycles. The molecule has 9 heteroatoms. The monoisotopic (exact) mass is 415 g/mol. The Labute approximate surface area is 170 Å². The lowest BCUT2D eigenvalue weighted by Gasteiger charge is -2.16. The second kappa shape index (κ2) is 7.16. The number of carbonyl (C=O) groups is 1. The van der Waals surface area contributed by atoms with Gasteiger partial charge in [0.25, 0.3) is 0 Å². The average Bonchev–Trinajstić information content (AvgIpc) is 3.31. The largest absolute Gasteiger partial charge is 0.416 e. The van der Waals surface area contributed by atoms with Gasteiger partial charge in [-0.25, -0.2) is 9.67 Å². The highest BCUT2D eigenvalue weighted by atomic mass is 19.4. The van der Waals surface area contributed by atoms with Gasteiger partial charge in [0.1, 0.15) is 5.52 Å². The van der Waals surface area contributed by atoms with Crippen LogP contribution in [0.2, 0.25) is 0 Å². The van der Waals surface area contributed by atoms with E-state index >= 15 is 0 Å². The fourth-order valence-corrected chi connectivity index (χ4v) is 3.72. The molecule has 0 bridgehead atoms. The van der Waals surface area contributed by atoms with Crippen molar-refractivity contribution in [1.82, 2.24) is 14.8 Å². The topological polar surface area (TPSA) is 77.0 Å². The van der Waals surface area contributed by atoms with E-state index in [1.54, 1.807) is 4.68 Å². The van der Waals surface area contributed by atoms with Crippen LogP contribution in [-0.4, -0.2) is 33.8 Å². The lowest BCUT2D eigenvalue weighted by atomic mass is 9.99. The molecule has 30 heavy (non-hydrogen) atoms. The van der Waals surface area contributed by atoms with E-state index in [0.29, 0.717) is 47.6 Å². The predicted molar refractivity (Wildman–Crippen MR) is 107 cm³/mol. The van der Waals surface area contributed by atoms with Gasteiger partial charge in [0, 0.05) is 30.3 Å². The Morgan fingerprint density at radius 3 is 2.53 bits per heavy atom. The number of pyridine rings is 1. The van der Waals surface area contributed by atoms with E-state index in [1.165, 1.54) is 12.1 Å². The third-order valence-electron chi connectivity index (χ3n) is 5.38. The van der Waals surface area contributed by atoms with Crippen LogP contribution >= 0.6 is 0 Å². The molecule has 1 atom stereocenters. The van der Waals surface area contributed by atoms with Gasteiger partial charge in [-0.05, 0) is 49.7 Å². The number of nitrogens with two attached hydrogens (primary N) is 1. The maximum Gasteiger partial charge on any atom is 0.416 e. The molecule has 0 spiro atoms. The number of aryl methyl sites for hydroxylation is 1. The third kappa shape index (κ3) is 3.51. The number of amides is 1. The smallest absolute Gasteiger partial charge is 0.366 e. The Morgan fingerprint density at radius 2 is 1.90 bits per heavy atom. The molecule has 1 aromatic carbocycles. The standard InChI is InChI=1S/C21H20F3N5O/c1-12-3-8-17-18(26-12)20(28-10-9-14(11-28)13(2)19(25)30)27-29(17)16-6-4-15(5-7-16)21(22,23)24/h3-8,14H,2,9-11H2,1H3,(H2,25,30). The van der Waals surface area contributed by atoms with Crippen molar-refractivity contribution in [2.75, 3.05) is 18.0 Å². The highest BCUT2D eigenvalue weighted by Crippen LogP contribution is 2.34. The summed E-state index contributed by atoms with van der Waals surface area (Å²) in [6, 6.07) is 8.53. The Bertz CT molecular complexity index is 1130. The van der Waals surface area contributed by atoms with E-state index in [1.807, 2.05) is 24.0 Å². The van der Waals surface area contributed by atoms with Gasteiger partial charge in [0.15, 0.2) is 5.82 Å². The van der Waals surface area contributed by atoms with Crippen molar-refractivity contribution in [1.29, 1.82) is 0 Å². The first kappa shape index (κ1) is 19.9. The molecule has 2 N–H and O–H groups in total. The summed E-state index contributed by atoms with van der Waals surface area (Å²) in [7, 11) is 0. The third-order valence-corrected chi connectivity index (χ3v) is 5.38. The molecule has 0 aliphatic carbocycles. The van der Waals surface area contributed by atoms with Gasteiger partial charge < -0.3 is 10.6 Å². The number of hydrogen-bond donors (Lipinski definition) is 1. The SMILES string of the molecule is C=C(C(N)=O)C1CCN(c2nn(-c3ccc(C(F)(F)F)cc3)c3ccc(C)nc23)C1. The minimum atomic E-state index is -4.40. The van der Waals surface area contributed by atoms with E-state index in [4.69, 9.17) is 5.73 Å². The zero-order valence-corrected chi connectivity index (χ0v) is 16.3. The minimum absolute atomic E-state index is 0.0708. The number of rotatable bonds is 4. The van der Waals surface area contributed by atoms with Crippen LogP contribution in [0.15, 0.2) is 48.6 Å². The summed E-state index contributed by atoms with van der Waals surface area (Å²) < 4.78 is 40.3. The van der Waals surface area contributed by atoms with Crippen LogP contribution in [0.25, 0.3) is 16.7 Å². The Morgan fingerprint density at radius 1 is 1.20 bits per heavy atom. The van der Waals surface area contributed by atoms with Crippen LogP contribution in [0.4, 0.5) is 19.0 Å². The molecular weight excluding hydrogens is 395 g/mol. The first-order valence-corrected chi connectivity index (χ1v) is 9.42. The normalized spacial score (nSPS) is 16.9. The van der Waals surface area contributed by atoms with Gasteiger partial charge in [-0.2, -0.15) is 13.2 Å². The van der Waals surface area contributed by atoms with Crippen molar-refractivity contribution < 1.29 is 18.0 Å². The highest BCUT2D eigenvalue weighted by Gasteiger charge is 2.31. The zero-order valence-electron chi connectivity index (χ0n) is 16.3. The van der Waals surface area contributed by atoms with Crippen molar-refractivity contribution in [2.45, 2.75) is 19.5 Å². The maximum absolute atomic E-state index is 12.9. The summed E-state index contributed by atoms with van der Waals surface area (Å²) in [5, 5.41) is 4.67. The van der Waals surface area contributed by atoms with Crippen molar-refractivity contribution in [3.63, 3.8) is 0 Å². The number of halogens is 3. The number of nitrogens with zero attached hydrogens (tertiary/aromatic N) is 4. The number of alkyl halides is 3. The van der Waals surface area contributed by atoms with Crippen molar-refractivity contribution >= 4 is 22.8 Å². The van der Waals surface area contributed by atoms with Crippen molar-refractivity contribution in [2.24, 2.45) is 11.7 Å². The van der Waals surface area contributed by atoms with Gasteiger partial charge in [-0.1, -0.05) is 6.58 Å². The van der Waals surface area contributed by atoms with Crippen LogP contribution in [0.5, 0.6) is 0 Å². The van der Waals surface area contributed by atoms with Crippen LogP contribution in [-0.2, 0) is 11.0 Å². The number of primary amides is 1. The van der Waals surface area contributed by atoms with Crippen LogP contribution in [0, 0.1) is 12.8 Å². The summed E-state index contributed by atoms with van der Waals surface area (Å²) in [5.74, 6) is 0.0305.